The van der Waals surface area contributed by atoms with Crippen LogP contribution in [0.3, 0.4) is 0 Å². The Bertz CT molecular complexity index is 902. The van der Waals surface area contributed by atoms with Crippen molar-refractivity contribution in [3.8, 4) is 0 Å². The first-order valence-corrected chi connectivity index (χ1v) is 7.99. The first kappa shape index (κ1) is 15.8. The van der Waals surface area contributed by atoms with E-state index in [1.807, 2.05) is 36.6 Å². The minimum absolute atomic E-state index is 0.216. The number of rotatable bonds is 3. The minimum atomic E-state index is -0.216. The van der Waals surface area contributed by atoms with E-state index in [1.54, 1.807) is 18.2 Å². The van der Waals surface area contributed by atoms with Crippen LogP contribution < -0.4 is 5.32 Å². The van der Waals surface area contributed by atoms with Crippen molar-refractivity contribution in [1.82, 2.24) is 9.55 Å². The summed E-state index contributed by atoms with van der Waals surface area (Å²) in [5, 5.41) is 4.76. The van der Waals surface area contributed by atoms with E-state index in [0.717, 1.165) is 16.5 Å². The number of nitrogens with one attached hydrogen (secondary N) is 1. The Morgan fingerprint density at radius 3 is 2.74 bits per heavy atom. The highest BCUT2D eigenvalue weighted by atomic mass is 35.5. The Kier molecular flexibility index (Phi) is 4.28. The van der Waals surface area contributed by atoms with Crippen LogP contribution in [0, 0.1) is 6.92 Å². The third-order valence-corrected chi connectivity index (χ3v) is 4.21. The molecule has 0 spiro atoms. The van der Waals surface area contributed by atoms with E-state index in [1.165, 1.54) is 0 Å². The molecule has 1 aromatic carbocycles. The monoisotopic (exact) mass is 347 g/mol. The van der Waals surface area contributed by atoms with Crippen molar-refractivity contribution in [2.24, 2.45) is 0 Å². The Morgan fingerprint density at radius 2 is 2.04 bits per heavy atom. The molecule has 0 fully saturated rings. The highest BCUT2D eigenvalue weighted by Gasteiger charge is 2.20. The lowest BCUT2D eigenvalue weighted by molar-refractivity contribution is 0.101. The standard InChI is InChI=1S/C17H15Cl2N3O/c1-3-22-13-8-7-11(18)9-12(13)10(2)16(22)17(23)21-15-6-4-5-14(19)20-15/h4-9H,3H2,1-2H3,(H,20,21,23). The molecule has 2 heterocycles. The summed E-state index contributed by atoms with van der Waals surface area (Å²) in [6.45, 7) is 4.60. The summed E-state index contributed by atoms with van der Waals surface area (Å²) >= 11 is 12.0. The largest absolute Gasteiger partial charge is 0.337 e. The van der Waals surface area contributed by atoms with Gasteiger partial charge in [-0.25, -0.2) is 4.98 Å². The number of nitrogens with zero attached hydrogens (tertiary/aromatic N) is 2. The Morgan fingerprint density at radius 1 is 1.26 bits per heavy atom. The summed E-state index contributed by atoms with van der Waals surface area (Å²) in [6, 6.07) is 10.8. The van der Waals surface area contributed by atoms with Gasteiger partial charge in [-0.05, 0) is 49.7 Å². The normalized spacial score (nSPS) is 11.0. The number of anilines is 1. The lowest BCUT2D eigenvalue weighted by atomic mass is 10.1. The number of aryl methyl sites for hydroxylation is 2. The van der Waals surface area contributed by atoms with Crippen LogP contribution in [0.5, 0.6) is 0 Å². The van der Waals surface area contributed by atoms with Gasteiger partial charge in [0.05, 0.1) is 0 Å². The number of hydrogen-bond donors (Lipinski definition) is 1. The Labute approximate surface area is 144 Å². The molecule has 0 aliphatic heterocycles. The van der Waals surface area contributed by atoms with E-state index >= 15 is 0 Å². The van der Waals surface area contributed by atoms with Crippen molar-refractivity contribution in [3.63, 3.8) is 0 Å². The smallest absolute Gasteiger partial charge is 0.273 e. The molecule has 0 aliphatic carbocycles. The number of aromatic nitrogens is 2. The molecule has 3 aromatic rings. The van der Waals surface area contributed by atoms with E-state index in [4.69, 9.17) is 23.2 Å². The molecule has 23 heavy (non-hydrogen) atoms. The van der Waals surface area contributed by atoms with Crippen molar-refractivity contribution in [1.29, 1.82) is 0 Å². The molecule has 118 valence electrons. The number of hydrogen-bond acceptors (Lipinski definition) is 2. The van der Waals surface area contributed by atoms with Crippen LogP contribution in [0.1, 0.15) is 23.0 Å². The van der Waals surface area contributed by atoms with Crippen LogP contribution >= 0.6 is 23.2 Å². The minimum Gasteiger partial charge on any atom is -0.337 e. The van der Waals surface area contributed by atoms with Crippen LogP contribution in [0.15, 0.2) is 36.4 Å². The van der Waals surface area contributed by atoms with Gasteiger partial charge in [0.2, 0.25) is 0 Å². The van der Waals surface area contributed by atoms with E-state index in [9.17, 15) is 4.79 Å². The second-order valence-electron chi connectivity index (χ2n) is 5.18. The molecule has 1 N–H and O–H groups in total. The maximum absolute atomic E-state index is 12.7. The van der Waals surface area contributed by atoms with Crippen LogP contribution in [0.25, 0.3) is 10.9 Å². The van der Waals surface area contributed by atoms with Gasteiger partial charge in [-0.15, -0.1) is 0 Å². The van der Waals surface area contributed by atoms with Gasteiger partial charge in [0.25, 0.3) is 5.91 Å². The summed E-state index contributed by atoms with van der Waals surface area (Å²) in [4.78, 5) is 16.8. The third kappa shape index (κ3) is 2.92. The average molecular weight is 348 g/mol. The van der Waals surface area contributed by atoms with Crippen LogP contribution in [-0.4, -0.2) is 15.5 Å². The van der Waals surface area contributed by atoms with Crippen molar-refractivity contribution in [2.75, 3.05) is 5.32 Å². The fourth-order valence-corrected chi connectivity index (χ4v) is 3.11. The quantitative estimate of drug-likeness (QED) is 0.683. The number of carbonyl (C=O) groups excluding carboxylic acids is 1. The van der Waals surface area contributed by atoms with Gasteiger partial charge < -0.3 is 9.88 Å². The molecule has 3 rings (SSSR count). The lowest BCUT2D eigenvalue weighted by Crippen LogP contribution is -2.18. The number of benzene rings is 1. The Hall–Kier alpha value is -2.04. The molecule has 4 nitrogen and oxygen atoms in total. The molecule has 6 heteroatoms. The molecule has 0 bridgehead atoms. The van der Waals surface area contributed by atoms with Crippen LogP contribution in [0.2, 0.25) is 10.2 Å². The summed E-state index contributed by atoms with van der Waals surface area (Å²) in [5.41, 5.74) is 2.48. The number of halogens is 2. The second kappa shape index (κ2) is 6.22. The molecule has 0 atom stereocenters. The highest BCUT2D eigenvalue weighted by molar-refractivity contribution is 6.31. The maximum Gasteiger partial charge on any atom is 0.273 e. The summed E-state index contributed by atoms with van der Waals surface area (Å²) in [7, 11) is 0. The fraction of sp³-hybridized carbons (Fsp3) is 0.176. The molecule has 0 radical (unpaired) electrons. The predicted molar refractivity (Wildman–Crippen MR) is 94.6 cm³/mol. The van der Waals surface area contributed by atoms with Crippen molar-refractivity contribution in [3.05, 3.63) is 57.8 Å². The van der Waals surface area contributed by atoms with Gasteiger partial charge in [-0.1, -0.05) is 29.3 Å². The topological polar surface area (TPSA) is 46.9 Å². The van der Waals surface area contributed by atoms with Crippen molar-refractivity contribution >= 4 is 45.8 Å². The van der Waals surface area contributed by atoms with Crippen LogP contribution in [-0.2, 0) is 6.54 Å². The SMILES string of the molecule is CCn1c(C(=O)Nc2cccc(Cl)n2)c(C)c2cc(Cl)ccc21. The maximum atomic E-state index is 12.7. The van der Waals surface area contributed by atoms with Gasteiger partial charge in [0.1, 0.15) is 16.7 Å². The number of pyridine rings is 1. The number of carbonyl (C=O) groups is 1. The predicted octanol–water partition coefficient (Wildman–Crippen LogP) is 4.92. The number of fused-ring (bicyclic) bond motifs is 1. The lowest BCUT2D eigenvalue weighted by Gasteiger charge is -2.09. The van der Waals surface area contributed by atoms with Gasteiger partial charge in [0.15, 0.2) is 0 Å². The molecular formula is C17H15Cl2N3O. The zero-order valence-electron chi connectivity index (χ0n) is 12.7. The average Bonchev–Trinajstić information content (AvgIpc) is 2.79. The van der Waals surface area contributed by atoms with Crippen molar-refractivity contribution in [2.45, 2.75) is 20.4 Å². The Balaban J connectivity index is 2.08. The molecule has 0 aliphatic rings. The molecule has 2 aromatic heterocycles. The van der Waals surface area contributed by atoms with E-state index in [2.05, 4.69) is 10.3 Å². The van der Waals surface area contributed by atoms with E-state index in [-0.39, 0.29) is 5.91 Å². The zero-order chi connectivity index (χ0) is 16.6. The first-order chi connectivity index (χ1) is 11.0. The van der Waals surface area contributed by atoms with E-state index < -0.39 is 0 Å². The summed E-state index contributed by atoms with van der Waals surface area (Å²) < 4.78 is 1.97. The summed E-state index contributed by atoms with van der Waals surface area (Å²) in [5.74, 6) is 0.208. The molecular weight excluding hydrogens is 333 g/mol. The second-order valence-corrected chi connectivity index (χ2v) is 6.00. The third-order valence-electron chi connectivity index (χ3n) is 3.77. The van der Waals surface area contributed by atoms with E-state index in [0.29, 0.717) is 28.2 Å². The van der Waals surface area contributed by atoms with Gasteiger partial charge in [-0.2, -0.15) is 0 Å². The van der Waals surface area contributed by atoms with Gasteiger partial charge in [0, 0.05) is 22.5 Å². The molecule has 0 saturated heterocycles. The highest BCUT2D eigenvalue weighted by Crippen LogP contribution is 2.28. The van der Waals surface area contributed by atoms with Gasteiger partial charge in [-0.3, -0.25) is 4.79 Å². The number of amides is 1. The zero-order valence-corrected chi connectivity index (χ0v) is 14.2. The van der Waals surface area contributed by atoms with Crippen LogP contribution in [0.4, 0.5) is 5.82 Å². The molecule has 1 amide bonds. The first-order valence-electron chi connectivity index (χ1n) is 7.23. The fourth-order valence-electron chi connectivity index (χ4n) is 2.77. The molecule has 0 saturated carbocycles. The summed E-state index contributed by atoms with van der Waals surface area (Å²) in [6.07, 6.45) is 0. The molecule has 0 unspecified atom stereocenters. The van der Waals surface area contributed by atoms with Gasteiger partial charge >= 0.3 is 0 Å². The van der Waals surface area contributed by atoms with Crippen molar-refractivity contribution < 1.29 is 4.79 Å².